The zero-order chi connectivity index (χ0) is 13.4. The highest BCUT2D eigenvalue weighted by Crippen LogP contribution is 2.08. The molecule has 0 spiro atoms. The van der Waals surface area contributed by atoms with Gasteiger partial charge in [0.1, 0.15) is 12.3 Å². The molecule has 1 rings (SSSR count). The highest BCUT2D eigenvalue weighted by Gasteiger charge is 2.04. The third-order valence-electron chi connectivity index (χ3n) is 2.79. The zero-order valence-electron chi connectivity index (χ0n) is 12.0. The molecule has 0 atom stereocenters. The second-order valence-corrected chi connectivity index (χ2v) is 4.44. The molecule has 19 heavy (non-hydrogen) atoms. The molecule has 1 aromatic heterocycles. The van der Waals surface area contributed by atoms with E-state index in [-0.39, 0.29) is 24.0 Å². The molecule has 0 saturated heterocycles. The number of guanidine groups is 1. The molecule has 0 aliphatic heterocycles. The van der Waals surface area contributed by atoms with Crippen LogP contribution in [0.3, 0.4) is 0 Å². The summed E-state index contributed by atoms with van der Waals surface area (Å²) < 4.78 is 5.42. The largest absolute Gasteiger partial charge is 0.444 e. The lowest BCUT2D eigenvalue weighted by Crippen LogP contribution is -2.32. The van der Waals surface area contributed by atoms with E-state index in [1.807, 2.05) is 13.8 Å². The molecule has 0 unspecified atom stereocenters. The second-order valence-electron chi connectivity index (χ2n) is 4.44. The fourth-order valence-corrected chi connectivity index (χ4v) is 1.58. The average molecular weight is 380 g/mol. The first-order valence-corrected chi connectivity index (χ1v) is 6.60. The smallest absolute Gasteiger partial charge is 0.216 e. The maximum atomic E-state index is 5.75. The Kier molecular flexibility index (Phi) is 9.63. The van der Waals surface area contributed by atoms with Gasteiger partial charge >= 0.3 is 0 Å². The van der Waals surface area contributed by atoms with Crippen molar-refractivity contribution in [1.29, 1.82) is 0 Å². The third kappa shape index (κ3) is 7.39. The van der Waals surface area contributed by atoms with Crippen LogP contribution < -0.4 is 11.1 Å². The molecule has 0 aromatic carbocycles. The summed E-state index contributed by atoms with van der Waals surface area (Å²) in [6.07, 6.45) is 4.87. The van der Waals surface area contributed by atoms with E-state index in [1.165, 1.54) is 19.3 Å². The number of hydrogen-bond acceptors (Lipinski definition) is 3. The molecule has 110 valence electrons. The number of hydrogen-bond donors (Lipinski definition) is 2. The second kappa shape index (κ2) is 10.1. The molecule has 6 heteroatoms. The van der Waals surface area contributed by atoms with Crippen LogP contribution in [0.5, 0.6) is 0 Å². The van der Waals surface area contributed by atoms with E-state index in [9.17, 15) is 0 Å². The van der Waals surface area contributed by atoms with Crippen molar-refractivity contribution in [2.24, 2.45) is 10.7 Å². The number of aromatic nitrogens is 1. The first-order chi connectivity index (χ1) is 8.63. The third-order valence-corrected chi connectivity index (χ3v) is 2.79. The van der Waals surface area contributed by atoms with Crippen molar-refractivity contribution in [2.45, 2.75) is 53.0 Å². The molecule has 0 amide bonds. The molecule has 5 nitrogen and oxygen atoms in total. The zero-order valence-corrected chi connectivity index (χ0v) is 14.4. The van der Waals surface area contributed by atoms with Gasteiger partial charge in [-0.3, -0.25) is 0 Å². The number of unbranched alkanes of at least 4 members (excludes halogenated alkanes) is 3. The van der Waals surface area contributed by atoms with E-state index in [2.05, 4.69) is 22.2 Å². The van der Waals surface area contributed by atoms with Gasteiger partial charge in [0.05, 0.1) is 5.69 Å². The predicted octanol–water partition coefficient (Wildman–Crippen LogP) is 2.89. The van der Waals surface area contributed by atoms with Gasteiger partial charge in [0.25, 0.3) is 0 Å². The van der Waals surface area contributed by atoms with Gasteiger partial charge in [-0.2, -0.15) is 0 Å². The molecule has 0 saturated carbocycles. The lowest BCUT2D eigenvalue weighted by Gasteiger charge is -2.04. The molecule has 0 aliphatic carbocycles. The standard InChI is InChI=1S/C13H24N4O.HI/c1-4-5-6-7-8-15-13(14)16-9-12-17-10(2)11(3)18-12;/h4-9H2,1-3H3,(H3,14,15,16);1H. The van der Waals surface area contributed by atoms with Gasteiger partial charge in [0.2, 0.25) is 5.89 Å². The Labute approximate surface area is 132 Å². The Morgan fingerprint density at radius 2 is 2.05 bits per heavy atom. The number of rotatable bonds is 7. The number of aliphatic imine (C=N–C) groups is 1. The highest BCUT2D eigenvalue weighted by molar-refractivity contribution is 14.0. The molecular weight excluding hydrogens is 355 g/mol. The lowest BCUT2D eigenvalue weighted by atomic mass is 10.2. The van der Waals surface area contributed by atoms with Crippen molar-refractivity contribution in [1.82, 2.24) is 10.3 Å². The predicted molar refractivity (Wildman–Crippen MR) is 88.9 cm³/mol. The topological polar surface area (TPSA) is 76.4 Å². The van der Waals surface area contributed by atoms with Crippen LogP contribution in [0, 0.1) is 13.8 Å². The summed E-state index contributed by atoms with van der Waals surface area (Å²) in [5, 5.41) is 3.09. The number of nitrogens with two attached hydrogens (primary N) is 1. The fourth-order valence-electron chi connectivity index (χ4n) is 1.58. The van der Waals surface area contributed by atoms with Crippen LogP contribution in [0.2, 0.25) is 0 Å². The molecule has 0 fully saturated rings. The van der Waals surface area contributed by atoms with Crippen LogP contribution in [0.25, 0.3) is 0 Å². The summed E-state index contributed by atoms with van der Waals surface area (Å²) >= 11 is 0. The van der Waals surface area contributed by atoms with Crippen LogP contribution in [0.1, 0.15) is 50.0 Å². The first-order valence-electron chi connectivity index (χ1n) is 6.60. The van der Waals surface area contributed by atoms with E-state index in [0.29, 0.717) is 18.4 Å². The van der Waals surface area contributed by atoms with Gasteiger partial charge in [-0.15, -0.1) is 24.0 Å². The molecule has 1 heterocycles. The minimum atomic E-state index is 0. The number of oxazole rings is 1. The summed E-state index contributed by atoms with van der Waals surface area (Å²) in [7, 11) is 0. The van der Waals surface area contributed by atoms with E-state index in [0.717, 1.165) is 24.4 Å². The molecule has 0 bridgehead atoms. The Bertz CT molecular complexity index is 370. The Morgan fingerprint density at radius 1 is 1.32 bits per heavy atom. The van der Waals surface area contributed by atoms with E-state index < -0.39 is 0 Å². The normalized spacial score (nSPS) is 11.2. The number of aryl methyl sites for hydroxylation is 2. The monoisotopic (exact) mass is 380 g/mol. The van der Waals surface area contributed by atoms with Crippen molar-refractivity contribution in [3.8, 4) is 0 Å². The van der Waals surface area contributed by atoms with Gasteiger partial charge in [-0.05, 0) is 20.3 Å². The van der Waals surface area contributed by atoms with Gasteiger partial charge in [-0.1, -0.05) is 26.2 Å². The van der Waals surface area contributed by atoms with E-state index in [1.54, 1.807) is 0 Å². The lowest BCUT2D eigenvalue weighted by molar-refractivity contribution is 0.473. The van der Waals surface area contributed by atoms with Crippen molar-refractivity contribution >= 4 is 29.9 Å². The van der Waals surface area contributed by atoms with Crippen LogP contribution in [-0.4, -0.2) is 17.5 Å². The molecule has 0 radical (unpaired) electrons. The van der Waals surface area contributed by atoms with Crippen molar-refractivity contribution in [3.05, 3.63) is 17.3 Å². The Balaban J connectivity index is 0.00000324. The van der Waals surface area contributed by atoms with Crippen LogP contribution in [0.15, 0.2) is 9.41 Å². The Hall–Kier alpha value is -0.790. The summed E-state index contributed by atoms with van der Waals surface area (Å²) in [6.45, 7) is 7.28. The minimum absolute atomic E-state index is 0. The molecular formula is C13H25IN4O. The van der Waals surface area contributed by atoms with Crippen LogP contribution in [-0.2, 0) is 6.54 Å². The van der Waals surface area contributed by atoms with Crippen LogP contribution in [0.4, 0.5) is 0 Å². The highest BCUT2D eigenvalue weighted by atomic mass is 127. The maximum Gasteiger partial charge on any atom is 0.216 e. The van der Waals surface area contributed by atoms with Gasteiger partial charge in [0, 0.05) is 6.54 Å². The number of nitrogens with zero attached hydrogens (tertiary/aromatic N) is 2. The fraction of sp³-hybridized carbons (Fsp3) is 0.692. The average Bonchev–Trinajstić information content (AvgIpc) is 2.66. The van der Waals surface area contributed by atoms with Crippen LogP contribution >= 0.6 is 24.0 Å². The summed E-state index contributed by atoms with van der Waals surface area (Å²) in [5.74, 6) is 1.91. The van der Waals surface area contributed by atoms with Gasteiger partial charge in [-0.25, -0.2) is 9.98 Å². The summed E-state index contributed by atoms with van der Waals surface area (Å²) in [4.78, 5) is 8.44. The van der Waals surface area contributed by atoms with E-state index in [4.69, 9.17) is 10.2 Å². The number of nitrogens with one attached hydrogen (secondary N) is 1. The maximum absolute atomic E-state index is 5.75. The molecule has 3 N–H and O–H groups in total. The minimum Gasteiger partial charge on any atom is -0.444 e. The van der Waals surface area contributed by atoms with Crippen molar-refractivity contribution in [2.75, 3.05) is 6.54 Å². The van der Waals surface area contributed by atoms with Gasteiger partial charge in [0.15, 0.2) is 5.96 Å². The van der Waals surface area contributed by atoms with E-state index >= 15 is 0 Å². The first kappa shape index (κ1) is 18.2. The van der Waals surface area contributed by atoms with Crippen molar-refractivity contribution in [3.63, 3.8) is 0 Å². The molecule has 0 aliphatic rings. The van der Waals surface area contributed by atoms with Gasteiger partial charge < -0.3 is 15.5 Å². The summed E-state index contributed by atoms with van der Waals surface area (Å²) in [6, 6.07) is 0. The molecule has 1 aromatic rings. The number of halogens is 1. The Morgan fingerprint density at radius 3 is 2.63 bits per heavy atom. The van der Waals surface area contributed by atoms with Crippen molar-refractivity contribution < 1.29 is 4.42 Å². The quantitative estimate of drug-likeness (QED) is 0.330. The summed E-state index contributed by atoms with van der Waals surface area (Å²) in [5.41, 5.74) is 6.66. The SMILES string of the molecule is CCCCCCNC(N)=NCc1nc(C)c(C)o1.I.